The van der Waals surface area contributed by atoms with E-state index in [9.17, 15) is 13.2 Å². The lowest BCUT2D eigenvalue weighted by Gasteiger charge is -2.20. The molecule has 1 amide bonds. The van der Waals surface area contributed by atoms with Crippen LogP contribution >= 0.6 is 0 Å². The number of ether oxygens (including phenoxy) is 2. The summed E-state index contributed by atoms with van der Waals surface area (Å²) in [5.41, 5.74) is 0.537. The number of amides is 1. The van der Waals surface area contributed by atoms with Gasteiger partial charge in [0.15, 0.2) is 0 Å². The number of sulfonamides is 1. The molecule has 0 saturated carbocycles. The SMILES string of the molecule is COCCOCC(=O)Nc1ccc(S(=O)(=O)N2CCCCCC2)cc1. The lowest BCUT2D eigenvalue weighted by Crippen LogP contribution is -2.31. The van der Waals surface area contributed by atoms with Gasteiger partial charge in [-0.2, -0.15) is 4.31 Å². The Morgan fingerprint density at radius 2 is 1.72 bits per heavy atom. The van der Waals surface area contributed by atoms with Crippen molar-refractivity contribution in [2.75, 3.05) is 45.3 Å². The van der Waals surface area contributed by atoms with E-state index in [1.165, 1.54) is 12.1 Å². The van der Waals surface area contributed by atoms with E-state index in [1.54, 1.807) is 23.5 Å². The van der Waals surface area contributed by atoms with Crippen molar-refractivity contribution in [1.82, 2.24) is 4.31 Å². The van der Waals surface area contributed by atoms with Crippen LogP contribution in [-0.2, 0) is 24.3 Å². The Morgan fingerprint density at radius 3 is 2.32 bits per heavy atom. The number of nitrogens with one attached hydrogen (secondary N) is 1. The van der Waals surface area contributed by atoms with E-state index in [4.69, 9.17) is 9.47 Å². The third kappa shape index (κ3) is 6.07. The Labute approximate surface area is 149 Å². The van der Waals surface area contributed by atoms with Gasteiger partial charge in [0.25, 0.3) is 0 Å². The second-order valence-electron chi connectivity index (χ2n) is 5.94. The molecule has 0 unspecified atom stereocenters. The summed E-state index contributed by atoms with van der Waals surface area (Å²) < 4.78 is 36.9. The van der Waals surface area contributed by atoms with Gasteiger partial charge in [-0.05, 0) is 37.1 Å². The standard InChI is InChI=1S/C17H26N2O5S/c1-23-12-13-24-14-17(20)18-15-6-8-16(9-7-15)25(21,22)19-10-4-2-3-5-11-19/h6-9H,2-5,10-14H2,1H3,(H,18,20). The van der Waals surface area contributed by atoms with Gasteiger partial charge in [-0.3, -0.25) is 4.79 Å². The van der Waals surface area contributed by atoms with E-state index in [0.29, 0.717) is 32.0 Å². The van der Waals surface area contributed by atoms with Gasteiger partial charge in [0.05, 0.1) is 18.1 Å². The first-order valence-corrected chi connectivity index (χ1v) is 9.95. The van der Waals surface area contributed by atoms with Crippen molar-refractivity contribution in [2.45, 2.75) is 30.6 Å². The summed E-state index contributed by atoms with van der Waals surface area (Å²) in [6.45, 7) is 1.84. The normalized spacial score (nSPS) is 16.4. The monoisotopic (exact) mass is 370 g/mol. The van der Waals surface area contributed by atoms with E-state index in [0.717, 1.165) is 25.7 Å². The summed E-state index contributed by atoms with van der Waals surface area (Å²) in [6.07, 6.45) is 3.94. The van der Waals surface area contributed by atoms with Crippen LogP contribution in [-0.4, -0.2) is 58.7 Å². The van der Waals surface area contributed by atoms with E-state index in [2.05, 4.69) is 5.32 Å². The summed E-state index contributed by atoms with van der Waals surface area (Å²) in [5.74, 6) is -0.292. The third-order valence-electron chi connectivity index (χ3n) is 4.01. The lowest BCUT2D eigenvalue weighted by molar-refractivity contribution is -0.121. The van der Waals surface area contributed by atoms with Crippen LogP contribution in [0, 0.1) is 0 Å². The summed E-state index contributed by atoms with van der Waals surface area (Å²) in [6, 6.07) is 6.25. The molecule has 0 radical (unpaired) electrons. The number of carbonyl (C=O) groups is 1. The first-order valence-electron chi connectivity index (χ1n) is 8.51. The molecule has 25 heavy (non-hydrogen) atoms. The van der Waals surface area contributed by atoms with Crippen LogP contribution in [0.25, 0.3) is 0 Å². The molecule has 0 bridgehead atoms. The fourth-order valence-electron chi connectivity index (χ4n) is 2.65. The van der Waals surface area contributed by atoms with E-state index in [-0.39, 0.29) is 17.4 Å². The van der Waals surface area contributed by atoms with Gasteiger partial charge in [-0.15, -0.1) is 0 Å². The molecule has 1 aliphatic heterocycles. The highest BCUT2D eigenvalue weighted by Crippen LogP contribution is 2.21. The van der Waals surface area contributed by atoms with Crippen molar-refractivity contribution in [3.8, 4) is 0 Å². The summed E-state index contributed by atoms with van der Waals surface area (Å²) in [5, 5.41) is 2.67. The molecule has 8 heteroatoms. The van der Waals surface area contributed by atoms with Crippen LogP contribution in [0.4, 0.5) is 5.69 Å². The maximum Gasteiger partial charge on any atom is 0.250 e. The maximum atomic E-state index is 12.7. The first kappa shape index (κ1) is 19.8. The molecule has 1 aliphatic rings. The van der Waals surface area contributed by atoms with Crippen LogP contribution in [0.15, 0.2) is 29.2 Å². The molecule has 0 aromatic heterocycles. The second kappa shape index (κ2) is 9.86. The largest absolute Gasteiger partial charge is 0.382 e. The Kier molecular flexibility index (Phi) is 7.83. The van der Waals surface area contributed by atoms with Crippen LogP contribution in [0.1, 0.15) is 25.7 Å². The minimum Gasteiger partial charge on any atom is -0.382 e. The Morgan fingerprint density at radius 1 is 1.08 bits per heavy atom. The van der Waals surface area contributed by atoms with Crippen LogP contribution < -0.4 is 5.32 Å². The number of carbonyl (C=O) groups excluding carboxylic acids is 1. The molecule has 1 heterocycles. The zero-order chi connectivity index (χ0) is 18.1. The highest BCUT2D eigenvalue weighted by molar-refractivity contribution is 7.89. The smallest absolute Gasteiger partial charge is 0.250 e. The molecule has 1 saturated heterocycles. The zero-order valence-electron chi connectivity index (χ0n) is 14.6. The van der Waals surface area contributed by atoms with Gasteiger partial charge in [-0.25, -0.2) is 8.42 Å². The van der Waals surface area contributed by atoms with Gasteiger partial charge in [0, 0.05) is 25.9 Å². The van der Waals surface area contributed by atoms with Gasteiger partial charge in [-0.1, -0.05) is 12.8 Å². The van der Waals surface area contributed by atoms with Gasteiger partial charge >= 0.3 is 0 Å². The molecule has 1 aromatic rings. The topological polar surface area (TPSA) is 84.9 Å². The van der Waals surface area contributed by atoms with Crippen molar-refractivity contribution in [3.63, 3.8) is 0 Å². The molecule has 140 valence electrons. The molecular weight excluding hydrogens is 344 g/mol. The summed E-state index contributed by atoms with van der Waals surface area (Å²) in [4.78, 5) is 12.0. The van der Waals surface area contributed by atoms with Crippen molar-refractivity contribution >= 4 is 21.6 Å². The molecule has 1 fully saturated rings. The molecule has 0 spiro atoms. The van der Waals surface area contributed by atoms with Crippen molar-refractivity contribution in [2.24, 2.45) is 0 Å². The number of nitrogens with zero attached hydrogens (tertiary/aromatic N) is 1. The summed E-state index contributed by atoms with van der Waals surface area (Å²) >= 11 is 0. The first-order chi connectivity index (χ1) is 12.0. The van der Waals surface area contributed by atoms with E-state index >= 15 is 0 Å². The predicted octanol–water partition coefficient (Wildman–Crippen LogP) is 1.85. The zero-order valence-corrected chi connectivity index (χ0v) is 15.4. The minimum absolute atomic E-state index is 0.0722. The lowest BCUT2D eigenvalue weighted by atomic mass is 10.2. The fourth-order valence-corrected chi connectivity index (χ4v) is 4.16. The molecule has 1 aromatic carbocycles. The molecule has 0 atom stereocenters. The highest BCUT2D eigenvalue weighted by Gasteiger charge is 2.24. The number of hydrogen-bond donors (Lipinski definition) is 1. The van der Waals surface area contributed by atoms with Gasteiger partial charge in [0.1, 0.15) is 6.61 Å². The van der Waals surface area contributed by atoms with E-state index < -0.39 is 10.0 Å². The molecule has 0 aliphatic carbocycles. The van der Waals surface area contributed by atoms with Gasteiger partial charge < -0.3 is 14.8 Å². The third-order valence-corrected chi connectivity index (χ3v) is 5.92. The van der Waals surface area contributed by atoms with Crippen molar-refractivity contribution in [1.29, 1.82) is 0 Å². The van der Waals surface area contributed by atoms with E-state index in [1.807, 2.05) is 0 Å². The Hall–Kier alpha value is -1.48. The number of rotatable bonds is 8. The predicted molar refractivity (Wildman–Crippen MR) is 95.0 cm³/mol. The molecule has 1 N–H and O–H groups in total. The maximum absolute atomic E-state index is 12.7. The van der Waals surface area contributed by atoms with Gasteiger partial charge in [0.2, 0.25) is 15.9 Å². The fraction of sp³-hybridized carbons (Fsp3) is 0.588. The average molecular weight is 370 g/mol. The number of hydrogen-bond acceptors (Lipinski definition) is 5. The molecular formula is C17H26N2O5S. The average Bonchev–Trinajstić information content (AvgIpc) is 2.89. The quantitative estimate of drug-likeness (QED) is 0.706. The number of anilines is 1. The Balaban J connectivity index is 1.93. The van der Waals surface area contributed by atoms with Crippen molar-refractivity contribution in [3.05, 3.63) is 24.3 Å². The summed E-state index contributed by atoms with van der Waals surface area (Å²) in [7, 11) is -1.91. The molecule has 2 rings (SSSR count). The second-order valence-corrected chi connectivity index (χ2v) is 7.87. The number of methoxy groups -OCH3 is 1. The van der Waals surface area contributed by atoms with Crippen LogP contribution in [0.3, 0.4) is 0 Å². The van der Waals surface area contributed by atoms with Crippen molar-refractivity contribution < 1.29 is 22.7 Å². The Bertz CT molecular complexity index is 638. The minimum atomic E-state index is -3.47. The van der Waals surface area contributed by atoms with Crippen LogP contribution in [0.5, 0.6) is 0 Å². The highest BCUT2D eigenvalue weighted by atomic mass is 32.2. The molecule has 7 nitrogen and oxygen atoms in total. The van der Waals surface area contributed by atoms with Crippen LogP contribution in [0.2, 0.25) is 0 Å². The number of benzene rings is 1.